The molecule has 4 nitrogen and oxygen atoms in total. The fraction of sp³-hybridized carbons (Fsp3) is 0.615. The standard InChI is InChI=1S/C13H20ClN3O/c1-9(6-11-8-18-5-4-15-11)7-12-10(2)16-17(3)13(12)14/h7,11,15H,4-6,8H2,1-3H3. The first kappa shape index (κ1) is 13.6. The molecular weight excluding hydrogens is 250 g/mol. The van der Waals surface area contributed by atoms with E-state index >= 15 is 0 Å². The van der Waals surface area contributed by atoms with Gasteiger partial charge in [-0.1, -0.05) is 23.3 Å². The average molecular weight is 270 g/mol. The number of ether oxygens (including phenoxy) is 1. The van der Waals surface area contributed by atoms with Gasteiger partial charge in [0.05, 0.1) is 18.9 Å². The Morgan fingerprint density at radius 3 is 3.00 bits per heavy atom. The molecule has 0 bridgehead atoms. The SMILES string of the molecule is CC(=Cc1c(C)nn(C)c1Cl)CC1COCCN1. The maximum absolute atomic E-state index is 6.22. The van der Waals surface area contributed by atoms with Crippen LogP contribution in [0.3, 0.4) is 0 Å². The molecule has 2 rings (SSSR count). The molecule has 1 saturated heterocycles. The van der Waals surface area contributed by atoms with E-state index < -0.39 is 0 Å². The zero-order valence-electron chi connectivity index (χ0n) is 11.2. The quantitative estimate of drug-likeness (QED) is 0.914. The summed E-state index contributed by atoms with van der Waals surface area (Å²) < 4.78 is 7.16. The van der Waals surface area contributed by atoms with Crippen molar-refractivity contribution < 1.29 is 4.74 Å². The summed E-state index contributed by atoms with van der Waals surface area (Å²) in [5.74, 6) is 0. The topological polar surface area (TPSA) is 39.1 Å². The van der Waals surface area contributed by atoms with Gasteiger partial charge in [-0.3, -0.25) is 4.68 Å². The summed E-state index contributed by atoms with van der Waals surface area (Å²) in [5, 5.41) is 8.46. The molecule has 1 N–H and O–H groups in total. The fourth-order valence-electron chi connectivity index (χ4n) is 2.26. The van der Waals surface area contributed by atoms with Gasteiger partial charge in [-0.2, -0.15) is 5.10 Å². The highest BCUT2D eigenvalue weighted by Crippen LogP contribution is 2.23. The Bertz CT molecular complexity index is 447. The number of hydrogen-bond donors (Lipinski definition) is 1. The molecule has 0 spiro atoms. The number of morpholine rings is 1. The van der Waals surface area contributed by atoms with Gasteiger partial charge < -0.3 is 10.1 Å². The second kappa shape index (κ2) is 5.87. The maximum Gasteiger partial charge on any atom is 0.134 e. The van der Waals surface area contributed by atoms with Crippen LogP contribution in [0.15, 0.2) is 5.57 Å². The Hall–Kier alpha value is -0.840. The number of nitrogens with one attached hydrogen (secondary N) is 1. The third-order valence-electron chi connectivity index (χ3n) is 3.15. The highest BCUT2D eigenvalue weighted by Gasteiger charge is 2.14. The fourth-order valence-corrected chi connectivity index (χ4v) is 2.48. The van der Waals surface area contributed by atoms with Crippen molar-refractivity contribution in [3.05, 3.63) is 22.0 Å². The van der Waals surface area contributed by atoms with Crippen LogP contribution >= 0.6 is 11.6 Å². The molecule has 1 atom stereocenters. The van der Waals surface area contributed by atoms with Gasteiger partial charge in [0.25, 0.3) is 0 Å². The van der Waals surface area contributed by atoms with Crippen LogP contribution in [0.1, 0.15) is 24.6 Å². The molecule has 5 heteroatoms. The van der Waals surface area contributed by atoms with E-state index in [1.807, 2.05) is 14.0 Å². The zero-order valence-corrected chi connectivity index (χ0v) is 11.9. The Morgan fingerprint density at radius 1 is 1.67 bits per heavy atom. The van der Waals surface area contributed by atoms with Crippen LogP contribution in [-0.4, -0.2) is 35.6 Å². The van der Waals surface area contributed by atoms with E-state index in [-0.39, 0.29) is 0 Å². The van der Waals surface area contributed by atoms with Crippen LogP contribution in [0.2, 0.25) is 5.15 Å². The van der Waals surface area contributed by atoms with Gasteiger partial charge in [-0.15, -0.1) is 0 Å². The first-order valence-electron chi connectivity index (χ1n) is 6.25. The Labute approximate surface area is 113 Å². The van der Waals surface area contributed by atoms with Gasteiger partial charge in [0.2, 0.25) is 0 Å². The molecule has 0 radical (unpaired) electrons. The normalized spacial score (nSPS) is 21.3. The lowest BCUT2D eigenvalue weighted by Gasteiger charge is -2.24. The lowest BCUT2D eigenvalue weighted by Crippen LogP contribution is -2.41. The Balaban J connectivity index is 2.07. The van der Waals surface area contributed by atoms with E-state index in [4.69, 9.17) is 16.3 Å². The lowest BCUT2D eigenvalue weighted by atomic mass is 10.0. The summed E-state index contributed by atoms with van der Waals surface area (Å²) in [6, 6.07) is 0.408. The number of nitrogens with zero attached hydrogens (tertiary/aromatic N) is 2. The molecule has 0 saturated carbocycles. The van der Waals surface area contributed by atoms with Gasteiger partial charge in [-0.25, -0.2) is 0 Å². The van der Waals surface area contributed by atoms with Crippen LogP contribution in [0.5, 0.6) is 0 Å². The molecule has 18 heavy (non-hydrogen) atoms. The second-order valence-corrected chi connectivity index (χ2v) is 5.19. The first-order chi connectivity index (χ1) is 8.58. The van der Waals surface area contributed by atoms with Gasteiger partial charge >= 0.3 is 0 Å². The second-order valence-electron chi connectivity index (χ2n) is 4.83. The highest BCUT2D eigenvalue weighted by atomic mass is 35.5. The lowest BCUT2D eigenvalue weighted by molar-refractivity contribution is 0.0771. The molecule has 1 aromatic rings. The third-order valence-corrected chi connectivity index (χ3v) is 3.60. The van der Waals surface area contributed by atoms with Crippen LogP contribution in [0, 0.1) is 6.92 Å². The van der Waals surface area contributed by atoms with E-state index in [1.165, 1.54) is 5.57 Å². The zero-order chi connectivity index (χ0) is 13.1. The summed E-state index contributed by atoms with van der Waals surface area (Å²) in [7, 11) is 1.86. The van der Waals surface area contributed by atoms with Crippen LogP contribution in [0.25, 0.3) is 6.08 Å². The number of aromatic nitrogens is 2. The summed E-state index contributed by atoms with van der Waals surface area (Å²) >= 11 is 6.22. The van der Waals surface area contributed by atoms with E-state index in [0.29, 0.717) is 11.2 Å². The molecule has 100 valence electrons. The van der Waals surface area contributed by atoms with Crippen LogP contribution in [-0.2, 0) is 11.8 Å². The minimum atomic E-state index is 0.408. The molecule has 1 aromatic heterocycles. The molecule has 1 aliphatic rings. The molecule has 0 aliphatic carbocycles. The smallest absolute Gasteiger partial charge is 0.134 e. The van der Waals surface area contributed by atoms with Gasteiger partial charge in [0.15, 0.2) is 0 Å². The number of hydrogen-bond acceptors (Lipinski definition) is 3. The Morgan fingerprint density at radius 2 is 2.44 bits per heavy atom. The van der Waals surface area contributed by atoms with Crippen molar-refractivity contribution in [2.45, 2.75) is 26.3 Å². The van der Waals surface area contributed by atoms with Crippen molar-refractivity contribution >= 4 is 17.7 Å². The van der Waals surface area contributed by atoms with Crippen LogP contribution in [0.4, 0.5) is 0 Å². The largest absolute Gasteiger partial charge is 0.379 e. The monoisotopic (exact) mass is 269 g/mol. The third kappa shape index (κ3) is 3.13. The van der Waals surface area contributed by atoms with Crippen molar-refractivity contribution in [2.24, 2.45) is 7.05 Å². The van der Waals surface area contributed by atoms with Gasteiger partial charge in [0, 0.05) is 25.2 Å². The van der Waals surface area contributed by atoms with Crippen molar-refractivity contribution in [3.8, 4) is 0 Å². The van der Waals surface area contributed by atoms with Gasteiger partial charge in [0.1, 0.15) is 5.15 Å². The molecule has 1 aliphatic heterocycles. The summed E-state index contributed by atoms with van der Waals surface area (Å²) in [6.07, 6.45) is 3.10. The maximum atomic E-state index is 6.22. The predicted molar refractivity (Wildman–Crippen MR) is 73.8 cm³/mol. The van der Waals surface area contributed by atoms with Crippen molar-refractivity contribution in [2.75, 3.05) is 19.8 Å². The summed E-state index contributed by atoms with van der Waals surface area (Å²) in [4.78, 5) is 0. The predicted octanol–water partition coefficient (Wildman–Crippen LogP) is 2.16. The van der Waals surface area contributed by atoms with Crippen molar-refractivity contribution in [3.63, 3.8) is 0 Å². The number of rotatable bonds is 3. The van der Waals surface area contributed by atoms with Crippen molar-refractivity contribution in [1.82, 2.24) is 15.1 Å². The van der Waals surface area contributed by atoms with Crippen molar-refractivity contribution in [1.29, 1.82) is 0 Å². The molecular formula is C13H20ClN3O. The minimum Gasteiger partial charge on any atom is -0.379 e. The molecule has 0 aromatic carbocycles. The molecule has 1 fully saturated rings. The number of aryl methyl sites for hydroxylation is 2. The highest BCUT2D eigenvalue weighted by molar-refractivity contribution is 6.31. The van der Waals surface area contributed by atoms with E-state index in [1.54, 1.807) is 4.68 Å². The first-order valence-corrected chi connectivity index (χ1v) is 6.63. The van der Waals surface area contributed by atoms with E-state index in [0.717, 1.165) is 37.4 Å². The molecule has 2 heterocycles. The molecule has 0 amide bonds. The average Bonchev–Trinajstić information content (AvgIpc) is 2.57. The van der Waals surface area contributed by atoms with E-state index in [9.17, 15) is 0 Å². The minimum absolute atomic E-state index is 0.408. The van der Waals surface area contributed by atoms with Gasteiger partial charge in [-0.05, 0) is 20.3 Å². The van der Waals surface area contributed by atoms with E-state index in [2.05, 4.69) is 23.4 Å². The van der Waals surface area contributed by atoms with Crippen LogP contribution < -0.4 is 5.32 Å². The summed E-state index contributed by atoms with van der Waals surface area (Å²) in [6.45, 7) is 6.63. The summed E-state index contributed by atoms with van der Waals surface area (Å²) in [5.41, 5.74) is 3.28. The molecule has 1 unspecified atom stereocenters. The number of halogens is 1. The Kier molecular flexibility index (Phi) is 4.43.